The summed E-state index contributed by atoms with van der Waals surface area (Å²) in [6, 6.07) is 0.0529. The van der Waals surface area contributed by atoms with Gasteiger partial charge in [0.25, 0.3) is 0 Å². The van der Waals surface area contributed by atoms with Gasteiger partial charge in [-0.1, -0.05) is 6.92 Å². The molecule has 0 bridgehead atoms. The highest BCUT2D eigenvalue weighted by molar-refractivity contribution is 5.44. The molecule has 18 heavy (non-hydrogen) atoms. The lowest BCUT2D eigenvalue weighted by Crippen LogP contribution is -2.14. The molecular weight excluding hydrogens is 228 g/mol. The molecule has 0 spiro atoms. The van der Waals surface area contributed by atoms with Crippen molar-refractivity contribution in [3.05, 3.63) is 29.7 Å². The molecule has 6 nitrogen and oxygen atoms in total. The highest BCUT2D eigenvalue weighted by Gasteiger charge is 2.13. The van der Waals surface area contributed by atoms with Gasteiger partial charge in [-0.2, -0.15) is 0 Å². The predicted octanol–water partition coefficient (Wildman–Crippen LogP) is 1.65. The van der Waals surface area contributed by atoms with Crippen molar-refractivity contribution in [2.24, 2.45) is 7.05 Å². The molecule has 96 valence electrons. The zero-order chi connectivity index (χ0) is 13.1. The van der Waals surface area contributed by atoms with Crippen LogP contribution in [0.15, 0.2) is 12.5 Å². The first kappa shape index (κ1) is 12.5. The molecular formula is C12H18N6. The average molecular weight is 246 g/mol. The topological polar surface area (TPSA) is 68.5 Å². The number of anilines is 1. The first-order chi connectivity index (χ1) is 8.61. The lowest BCUT2D eigenvalue weighted by atomic mass is 10.2. The third-order valence-electron chi connectivity index (χ3n) is 2.85. The number of aromatic nitrogens is 5. The molecule has 1 N–H and O–H groups in total. The predicted molar refractivity (Wildman–Crippen MR) is 69.2 cm³/mol. The van der Waals surface area contributed by atoms with Gasteiger partial charge in [0.1, 0.15) is 18.0 Å². The van der Waals surface area contributed by atoms with E-state index in [1.807, 2.05) is 31.7 Å². The highest BCUT2D eigenvalue weighted by Crippen LogP contribution is 2.19. The Morgan fingerprint density at radius 2 is 2.22 bits per heavy atom. The van der Waals surface area contributed by atoms with Gasteiger partial charge < -0.3 is 9.88 Å². The summed E-state index contributed by atoms with van der Waals surface area (Å²) in [4.78, 5) is 8.66. The van der Waals surface area contributed by atoms with E-state index in [2.05, 4.69) is 32.4 Å². The van der Waals surface area contributed by atoms with E-state index >= 15 is 0 Å². The van der Waals surface area contributed by atoms with Crippen LogP contribution in [-0.2, 0) is 13.5 Å². The number of rotatable bonds is 4. The summed E-state index contributed by atoms with van der Waals surface area (Å²) in [5.41, 5.74) is 1.11. The summed E-state index contributed by atoms with van der Waals surface area (Å²) in [5, 5.41) is 11.4. The highest BCUT2D eigenvalue weighted by atomic mass is 15.3. The van der Waals surface area contributed by atoms with Gasteiger partial charge in [-0.05, 0) is 20.3 Å². The zero-order valence-electron chi connectivity index (χ0n) is 11.2. The summed E-state index contributed by atoms with van der Waals surface area (Å²) in [6.45, 7) is 6.02. The molecule has 1 atom stereocenters. The van der Waals surface area contributed by atoms with Crippen molar-refractivity contribution >= 4 is 5.82 Å². The molecule has 6 heteroatoms. The molecule has 0 aliphatic carbocycles. The van der Waals surface area contributed by atoms with E-state index in [1.54, 1.807) is 6.33 Å². The fourth-order valence-electron chi connectivity index (χ4n) is 1.83. The first-order valence-corrected chi connectivity index (χ1v) is 6.04. The maximum atomic E-state index is 4.44. The molecule has 0 saturated heterocycles. The first-order valence-electron chi connectivity index (χ1n) is 6.04. The maximum absolute atomic E-state index is 4.44. The normalized spacial score (nSPS) is 12.4. The second kappa shape index (κ2) is 5.12. The monoisotopic (exact) mass is 246 g/mol. The van der Waals surface area contributed by atoms with E-state index < -0.39 is 0 Å². The third-order valence-corrected chi connectivity index (χ3v) is 2.85. The van der Waals surface area contributed by atoms with E-state index in [-0.39, 0.29) is 6.04 Å². The van der Waals surface area contributed by atoms with Crippen molar-refractivity contribution in [3.8, 4) is 0 Å². The lowest BCUT2D eigenvalue weighted by molar-refractivity contribution is 0.713. The molecule has 0 aromatic carbocycles. The summed E-state index contributed by atoms with van der Waals surface area (Å²) < 4.78 is 1.90. The molecule has 0 fully saturated rings. The fourth-order valence-corrected chi connectivity index (χ4v) is 1.83. The van der Waals surface area contributed by atoms with Crippen LogP contribution in [0.4, 0.5) is 5.82 Å². The number of hydrogen-bond acceptors (Lipinski definition) is 5. The van der Waals surface area contributed by atoms with Crippen molar-refractivity contribution in [1.29, 1.82) is 0 Å². The molecule has 0 radical (unpaired) electrons. The van der Waals surface area contributed by atoms with Crippen LogP contribution in [0.25, 0.3) is 0 Å². The van der Waals surface area contributed by atoms with Crippen molar-refractivity contribution in [3.63, 3.8) is 0 Å². The van der Waals surface area contributed by atoms with Gasteiger partial charge in [0, 0.05) is 18.8 Å². The Bertz CT molecular complexity index is 533. The summed E-state index contributed by atoms with van der Waals surface area (Å²) >= 11 is 0. The summed E-state index contributed by atoms with van der Waals surface area (Å²) in [6.07, 6.45) is 4.46. The molecule has 2 aromatic heterocycles. The summed E-state index contributed by atoms with van der Waals surface area (Å²) in [7, 11) is 1.93. The van der Waals surface area contributed by atoms with Crippen molar-refractivity contribution in [2.45, 2.75) is 33.2 Å². The Labute approximate surface area is 106 Å². The van der Waals surface area contributed by atoms with Crippen molar-refractivity contribution in [1.82, 2.24) is 24.7 Å². The van der Waals surface area contributed by atoms with Gasteiger partial charge in [0.15, 0.2) is 5.82 Å². The number of nitrogens with one attached hydrogen (secondary N) is 1. The van der Waals surface area contributed by atoms with E-state index in [4.69, 9.17) is 0 Å². The van der Waals surface area contributed by atoms with E-state index in [1.165, 1.54) is 0 Å². The molecule has 0 aliphatic heterocycles. The van der Waals surface area contributed by atoms with Gasteiger partial charge in [0.05, 0.1) is 6.04 Å². The van der Waals surface area contributed by atoms with Gasteiger partial charge >= 0.3 is 0 Å². The number of hydrogen-bond donors (Lipinski definition) is 1. The number of nitrogens with zero attached hydrogens (tertiary/aromatic N) is 5. The standard InChI is InChI=1S/C12H18N6/c1-5-10-6-13-9(3)16-11(10)15-8(2)12-17-14-7-18(12)4/h6-8H,5H2,1-4H3,(H,13,15,16). The smallest absolute Gasteiger partial charge is 0.154 e. The Morgan fingerprint density at radius 1 is 1.44 bits per heavy atom. The SMILES string of the molecule is CCc1cnc(C)nc1NC(C)c1nncn1C. The maximum Gasteiger partial charge on any atom is 0.154 e. The second-order valence-electron chi connectivity index (χ2n) is 4.31. The van der Waals surface area contributed by atoms with E-state index in [0.29, 0.717) is 0 Å². The van der Waals surface area contributed by atoms with Crippen LogP contribution in [0, 0.1) is 6.92 Å². The van der Waals surface area contributed by atoms with Crippen LogP contribution in [0.2, 0.25) is 0 Å². The van der Waals surface area contributed by atoms with Crippen LogP contribution >= 0.6 is 0 Å². The Kier molecular flexibility index (Phi) is 3.55. The molecule has 2 rings (SSSR count). The van der Waals surface area contributed by atoms with Gasteiger partial charge in [-0.15, -0.1) is 10.2 Å². The fraction of sp³-hybridized carbons (Fsp3) is 0.500. The Balaban J connectivity index is 2.23. The minimum Gasteiger partial charge on any atom is -0.360 e. The lowest BCUT2D eigenvalue weighted by Gasteiger charge is -2.16. The van der Waals surface area contributed by atoms with E-state index in [0.717, 1.165) is 29.5 Å². The number of aryl methyl sites for hydroxylation is 3. The van der Waals surface area contributed by atoms with Crippen LogP contribution in [0.5, 0.6) is 0 Å². The van der Waals surface area contributed by atoms with Gasteiger partial charge in [0.2, 0.25) is 0 Å². The van der Waals surface area contributed by atoms with Crippen LogP contribution in [0.1, 0.15) is 37.1 Å². The zero-order valence-corrected chi connectivity index (χ0v) is 11.2. The van der Waals surface area contributed by atoms with Gasteiger partial charge in [-0.25, -0.2) is 9.97 Å². The second-order valence-corrected chi connectivity index (χ2v) is 4.31. The molecule has 2 aromatic rings. The Morgan fingerprint density at radius 3 is 2.83 bits per heavy atom. The molecule has 0 amide bonds. The average Bonchev–Trinajstić information content (AvgIpc) is 2.76. The molecule has 0 aliphatic rings. The van der Waals surface area contributed by atoms with Crippen molar-refractivity contribution in [2.75, 3.05) is 5.32 Å². The van der Waals surface area contributed by atoms with Crippen LogP contribution in [0.3, 0.4) is 0 Å². The Hall–Kier alpha value is -1.98. The largest absolute Gasteiger partial charge is 0.360 e. The minimum absolute atomic E-state index is 0.0529. The van der Waals surface area contributed by atoms with Crippen LogP contribution < -0.4 is 5.32 Å². The minimum atomic E-state index is 0.0529. The van der Waals surface area contributed by atoms with E-state index in [9.17, 15) is 0 Å². The summed E-state index contributed by atoms with van der Waals surface area (Å²) in [5.74, 6) is 2.52. The third kappa shape index (κ3) is 2.47. The van der Waals surface area contributed by atoms with Crippen molar-refractivity contribution < 1.29 is 0 Å². The quantitative estimate of drug-likeness (QED) is 0.888. The molecule has 0 saturated carbocycles. The molecule has 1 unspecified atom stereocenters. The van der Waals surface area contributed by atoms with Gasteiger partial charge in [-0.3, -0.25) is 0 Å². The van der Waals surface area contributed by atoms with Crippen LogP contribution in [-0.4, -0.2) is 24.7 Å². The molecule has 2 heterocycles.